The van der Waals surface area contributed by atoms with Crippen LogP contribution in [0.5, 0.6) is 5.75 Å². The normalized spacial score (nSPS) is 20.5. The van der Waals surface area contributed by atoms with Crippen LogP contribution in [0.4, 0.5) is 14.6 Å². The van der Waals surface area contributed by atoms with E-state index in [1.54, 1.807) is 24.3 Å². The van der Waals surface area contributed by atoms with Crippen molar-refractivity contribution >= 4 is 5.82 Å². The second-order valence-corrected chi connectivity index (χ2v) is 7.09. The van der Waals surface area contributed by atoms with Crippen LogP contribution in [0.2, 0.25) is 0 Å². The summed E-state index contributed by atoms with van der Waals surface area (Å²) in [6, 6.07) is 12.9. The van der Waals surface area contributed by atoms with Gasteiger partial charge in [0.15, 0.2) is 0 Å². The van der Waals surface area contributed by atoms with Crippen LogP contribution in [0.15, 0.2) is 48.7 Å². The molecule has 1 aromatic carbocycles. The molecule has 0 spiro atoms. The summed E-state index contributed by atoms with van der Waals surface area (Å²) in [5.74, 6) is -0.170. The zero-order chi connectivity index (χ0) is 20.4. The minimum Gasteiger partial charge on any atom is -0.506 e. The minimum atomic E-state index is -0.984. The van der Waals surface area contributed by atoms with Gasteiger partial charge < -0.3 is 10.4 Å². The van der Waals surface area contributed by atoms with E-state index in [1.165, 1.54) is 24.4 Å². The van der Waals surface area contributed by atoms with Gasteiger partial charge in [-0.3, -0.25) is 4.98 Å². The first-order valence-corrected chi connectivity index (χ1v) is 9.07. The van der Waals surface area contributed by atoms with Crippen molar-refractivity contribution in [3.8, 4) is 23.1 Å². The molecule has 0 saturated heterocycles. The number of phenolic OH excluding ortho intramolecular Hbond substituents is 1. The van der Waals surface area contributed by atoms with Gasteiger partial charge in [-0.15, -0.1) is 10.2 Å². The van der Waals surface area contributed by atoms with E-state index >= 15 is 0 Å². The van der Waals surface area contributed by atoms with Gasteiger partial charge in [0.25, 0.3) is 0 Å². The Balaban J connectivity index is 1.52. The molecule has 0 unspecified atom stereocenters. The Labute approximate surface area is 165 Å². The zero-order valence-corrected chi connectivity index (χ0v) is 15.3. The lowest BCUT2D eigenvalue weighted by molar-refractivity contribution is 0.0964. The lowest BCUT2D eigenvalue weighted by atomic mass is 9.65. The molecule has 6 nitrogen and oxygen atoms in total. The Morgan fingerprint density at radius 3 is 2.66 bits per heavy atom. The number of phenols is 1. The summed E-state index contributed by atoms with van der Waals surface area (Å²) in [7, 11) is 0. The molecule has 0 radical (unpaired) electrons. The van der Waals surface area contributed by atoms with Crippen LogP contribution in [0.1, 0.15) is 24.1 Å². The van der Waals surface area contributed by atoms with E-state index in [0.29, 0.717) is 17.1 Å². The van der Waals surface area contributed by atoms with Crippen molar-refractivity contribution in [2.45, 2.75) is 24.4 Å². The van der Waals surface area contributed by atoms with Crippen molar-refractivity contribution in [3.63, 3.8) is 0 Å². The molecule has 2 aromatic heterocycles. The molecule has 1 aliphatic rings. The number of aromatic hydroxyl groups is 1. The van der Waals surface area contributed by atoms with Gasteiger partial charge in [0.2, 0.25) is 0 Å². The van der Waals surface area contributed by atoms with E-state index in [4.69, 9.17) is 5.26 Å². The maximum atomic E-state index is 14.2. The number of benzene rings is 1. The maximum absolute atomic E-state index is 14.2. The molecule has 1 aliphatic carbocycles. The molecule has 146 valence electrons. The lowest BCUT2D eigenvalue weighted by Gasteiger charge is -2.44. The largest absolute Gasteiger partial charge is 0.506 e. The third-order valence-corrected chi connectivity index (χ3v) is 5.19. The summed E-state index contributed by atoms with van der Waals surface area (Å²) >= 11 is 0. The van der Waals surface area contributed by atoms with Gasteiger partial charge in [0, 0.05) is 23.7 Å². The monoisotopic (exact) mass is 393 g/mol. The highest BCUT2D eigenvalue weighted by molar-refractivity contribution is 5.70. The third kappa shape index (κ3) is 3.47. The van der Waals surface area contributed by atoms with Crippen LogP contribution in [-0.2, 0) is 5.41 Å². The first-order valence-electron chi connectivity index (χ1n) is 9.07. The summed E-state index contributed by atoms with van der Waals surface area (Å²) in [4.78, 5) is 4.13. The number of nitriles is 1. The van der Waals surface area contributed by atoms with Crippen LogP contribution < -0.4 is 5.32 Å². The quantitative estimate of drug-likeness (QED) is 0.686. The fourth-order valence-corrected chi connectivity index (χ4v) is 3.66. The lowest BCUT2D eigenvalue weighted by Crippen LogP contribution is -2.49. The number of hydrogen-bond acceptors (Lipinski definition) is 6. The number of para-hydroxylation sites is 1. The van der Waals surface area contributed by atoms with E-state index in [9.17, 15) is 13.9 Å². The fourth-order valence-electron chi connectivity index (χ4n) is 3.66. The van der Waals surface area contributed by atoms with E-state index < -0.39 is 17.4 Å². The summed E-state index contributed by atoms with van der Waals surface area (Å²) < 4.78 is 27.9. The highest BCUT2D eigenvalue weighted by Crippen LogP contribution is 2.45. The molecule has 2 N–H and O–H groups in total. The number of aromatic nitrogens is 3. The molecule has 4 rings (SSSR count). The maximum Gasteiger partial charge on any atom is 0.148 e. The molecule has 1 fully saturated rings. The van der Waals surface area contributed by atoms with Crippen molar-refractivity contribution in [2.24, 2.45) is 0 Å². The first-order chi connectivity index (χ1) is 14.0. The smallest absolute Gasteiger partial charge is 0.148 e. The summed E-state index contributed by atoms with van der Waals surface area (Å²) in [5.41, 5.74) is 0.475. The van der Waals surface area contributed by atoms with Crippen LogP contribution in [0.25, 0.3) is 11.3 Å². The number of nitrogens with one attached hydrogen (secondary N) is 1. The molecule has 29 heavy (non-hydrogen) atoms. The number of halogens is 2. The Kier molecular flexibility index (Phi) is 4.80. The number of pyridine rings is 1. The third-order valence-electron chi connectivity index (χ3n) is 5.19. The highest BCUT2D eigenvalue weighted by atomic mass is 19.1. The number of hydrogen-bond donors (Lipinski definition) is 2. The topological polar surface area (TPSA) is 94.7 Å². The predicted octanol–water partition coefficient (Wildman–Crippen LogP) is 3.74. The van der Waals surface area contributed by atoms with Gasteiger partial charge in [-0.05, 0) is 49.2 Å². The molecular weight excluding hydrogens is 376 g/mol. The number of nitrogens with zero attached hydrogens (tertiary/aromatic N) is 4. The van der Waals surface area contributed by atoms with Crippen molar-refractivity contribution in [2.75, 3.05) is 11.9 Å². The molecule has 2 heterocycles. The Morgan fingerprint density at radius 2 is 2.00 bits per heavy atom. The number of anilines is 1. The Morgan fingerprint density at radius 1 is 1.17 bits per heavy atom. The van der Waals surface area contributed by atoms with E-state index in [1.807, 2.05) is 6.07 Å². The first kappa shape index (κ1) is 18.7. The predicted molar refractivity (Wildman–Crippen MR) is 102 cm³/mol. The fraction of sp³-hybridized carbons (Fsp3) is 0.238. The van der Waals surface area contributed by atoms with E-state index in [2.05, 4.69) is 20.5 Å². The van der Waals surface area contributed by atoms with Crippen LogP contribution in [0, 0.1) is 17.1 Å². The Bertz CT molecular complexity index is 1080. The molecule has 0 atom stereocenters. The van der Waals surface area contributed by atoms with Crippen molar-refractivity contribution in [1.82, 2.24) is 15.2 Å². The van der Waals surface area contributed by atoms with Gasteiger partial charge >= 0.3 is 0 Å². The van der Waals surface area contributed by atoms with Gasteiger partial charge in [0.05, 0.1) is 17.0 Å². The summed E-state index contributed by atoms with van der Waals surface area (Å²) in [6.45, 7) is 0.268. The average molecular weight is 393 g/mol. The van der Waals surface area contributed by atoms with Gasteiger partial charge in [-0.25, -0.2) is 8.78 Å². The molecule has 0 aliphatic heterocycles. The van der Waals surface area contributed by atoms with Crippen LogP contribution in [-0.4, -0.2) is 33.0 Å². The molecule has 0 amide bonds. The average Bonchev–Trinajstić information content (AvgIpc) is 2.71. The standard InChI is InChI=1S/C21H17F2N5O/c22-14-9-21(10-14,20-16(23)5-2-8-25-20)12-26-18-7-6-17(27-28-18)15-4-1-3-13(11-24)19(15)29/h1-8,14,29H,9-10,12H2,(H,26,28)/t14-,21-. The van der Waals surface area contributed by atoms with Crippen LogP contribution in [0.3, 0.4) is 0 Å². The summed E-state index contributed by atoms with van der Waals surface area (Å²) in [6.07, 6.45) is 0.895. The molecular formula is C21H17F2N5O. The van der Waals surface area contributed by atoms with Gasteiger partial charge in [0.1, 0.15) is 29.6 Å². The van der Waals surface area contributed by atoms with Crippen LogP contribution >= 0.6 is 0 Å². The molecule has 3 aromatic rings. The van der Waals surface area contributed by atoms with Crippen molar-refractivity contribution in [1.29, 1.82) is 5.26 Å². The SMILES string of the molecule is N#Cc1cccc(-c2ccc(NC[C@]3(c4ncccc4F)C[C@H](F)C3)nn2)c1O. The van der Waals surface area contributed by atoms with E-state index in [-0.39, 0.29) is 36.4 Å². The van der Waals surface area contributed by atoms with E-state index in [0.717, 1.165) is 0 Å². The van der Waals surface area contributed by atoms with Gasteiger partial charge in [-0.2, -0.15) is 5.26 Å². The van der Waals surface area contributed by atoms with Crippen molar-refractivity contribution in [3.05, 3.63) is 65.7 Å². The second-order valence-electron chi connectivity index (χ2n) is 7.09. The molecule has 0 bridgehead atoms. The minimum absolute atomic E-state index is 0.150. The molecule has 8 heteroatoms. The highest BCUT2D eigenvalue weighted by Gasteiger charge is 2.48. The summed E-state index contributed by atoms with van der Waals surface area (Å²) in [5, 5.41) is 30.4. The zero-order valence-electron chi connectivity index (χ0n) is 15.3. The van der Waals surface area contributed by atoms with Crippen molar-refractivity contribution < 1.29 is 13.9 Å². The van der Waals surface area contributed by atoms with Gasteiger partial charge in [-0.1, -0.05) is 6.07 Å². The molecule has 1 saturated carbocycles. The Hall–Kier alpha value is -3.60. The number of rotatable bonds is 5. The number of alkyl halides is 1. The second kappa shape index (κ2) is 7.43.